The van der Waals surface area contributed by atoms with Crippen molar-refractivity contribution in [2.45, 2.75) is 9.79 Å². The molecule has 0 aromatic heterocycles. The average Bonchev–Trinajstić information content (AvgIpc) is 2.66. The van der Waals surface area contributed by atoms with E-state index in [0.29, 0.717) is 12.1 Å². The van der Waals surface area contributed by atoms with Crippen LogP contribution in [0, 0.1) is 0 Å². The van der Waals surface area contributed by atoms with Gasteiger partial charge in [0.15, 0.2) is 5.75 Å². The number of hydrogen-bond acceptors (Lipinski definition) is 10. The molecule has 0 spiro atoms. The first-order chi connectivity index (χ1) is 15.2. The minimum absolute atomic E-state index is 0.0903. The van der Waals surface area contributed by atoms with Gasteiger partial charge in [-0.15, -0.1) is 15.1 Å². The van der Waals surface area contributed by atoms with Crippen LogP contribution < -0.4 is 4.52 Å². The first-order valence-corrected chi connectivity index (χ1v) is 12.6. The predicted molar refractivity (Wildman–Crippen MR) is 113 cm³/mol. The summed E-state index contributed by atoms with van der Waals surface area (Å²) < 4.78 is 80.9. The second-order valence-corrected chi connectivity index (χ2v) is 10.1. The Kier molecular flexibility index (Phi) is 6.59. The summed E-state index contributed by atoms with van der Waals surface area (Å²) in [6.45, 7) is 0. The van der Waals surface area contributed by atoms with Crippen molar-refractivity contribution in [1.82, 2.24) is 0 Å². The van der Waals surface area contributed by atoms with Gasteiger partial charge in [-0.05, 0) is 29.7 Å². The molecule has 0 fully saturated rings. The Balaban J connectivity index is 2.30. The van der Waals surface area contributed by atoms with Crippen molar-refractivity contribution in [3.05, 3.63) is 41.4 Å². The van der Waals surface area contributed by atoms with Crippen LogP contribution in [0.2, 0.25) is 5.02 Å². The Labute approximate surface area is 191 Å². The fourth-order valence-corrected chi connectivity index (χ4v) is 4.38. The highest BCUT2D eigenvalue weighted by Crippen LogP contribution is 2.46. The topological polar surface area (TPSA) is 220 Å². The van der Waals surface area contributed by atoms with Gasteiger partial charge in [-0.3, -0.25) is 9.11 Å². The maximum atomic E-state index is 11.9. The SMILES string of the molecule is O=[P+](O)Oc1cc(Cl)ccc1N=Nc1c(S(=O)(=O)O)cc2cc(S(=O)(=O)O)cc(O)c2c1O. The molecular formula is C16H11ClN2O11PS2+. The predicted octanol–water partition coefficient (Wildman–Crippen LogP) is 3.84. The lowest BCUT2D eigenvalue weighted by Crippen LogP contribution is -2.01. The summed E-state index contributed by atoms with van der Waals surface area (Å²) in [6, 6.07) is 5.58. The van der Waals surface area contributed by atoms with Gasteiger partial charge >= 0.3 is 8.25 Å². The van der Waals surface area contributed by atoms with Crippen LogP contribution in [0.15, 0.2) is 56.4 Å². The number of phenolic OH excluding ortho intramolecular Hbond substituents is 2. The van der Waals surface area contributed by atoms with Crippen LogP contribution in [0.1, 0.15) is 0 Å². The van der Waals surface area contributed by atoms with Gasteiger partial charge in [-0.1, -0.05) is 11.6 Å². The van der Waals surface area contributed by atoms with Crippen molar-refractivity contribution in [3.8, 4) is 17.2 Å². The molecule has 174 valence electrons. The standard InChI is InChI=1S/C16H10ClN2O11PS2/c17-8-1-2-10(12(5-8)30-31(22)23)18-19-15-13(33(27,28)29)4-7-3-9(32(24,25)26)6-11(20)14(7)16(15)21/h1-6H,(H4-,18,20,21,22,23,24,25,26,27,28,29)/p+1. The first-order valence-electron chi connectivity index (χ1n) is 8.21. The van der Waals surface area contributed by atoms with Crippen LogP contribution in [0.25, 0.3) is 10.8 Å². The molecule has 0 radical (unpaired) electrons. The van der Waals surface area contributed by atoms with Crippen molar-refractivity contribution < 1.29 is 50.1 Å². The molecule has 13 nitrogen and oxygen atoms in total. The van der Waals surface area contributed by atoms with Crippen LogP contribution in [-0.4, -0.2) is 41.0 Å². The smallest absolute Gasteiger partial charge is 0.507 e. The lowest BCUT2D eigenvalue weighted by Gasteiger charge is -2.11. The number of phenols is 2. The number of aromatic hydroxyl groups is 2. The number of benzene rings is 3. The molecule has 0 bridgehead atoms. The number of halogens is 1. The Bertz CT molecular complexity index is 1560. The number of hydrogen-bond donors (Lipinski definition) is 5. The lowest BCUT2D eigenvalue weighted by atomic mass is 10.1. The molecule has 0 aliphatic carbocycles. The highest BCUT2D eigenvalue weighted by molar-refractivity contribution is 7.86. The van der Waals surface area contributed by atoms with Gasteiger partial charge in [0.25, 0.3) is 20.2 Å². The first kappa shape index (κ1) is 24.7. The number of nitrogens with zero attached hydrogens (tertiary/aromatic N) is 2. The zero-order valence-corrected chi connectivity index (χ0v) is 19.0. The average molecular weight is 538 g/mol. The molecule has 3 aromatic rings. The molecule has 0 saturated carbocycles. The Hall–Kier alpha value is -2.91. The van der Waals surface area contributed by atoms with E-state index in [-0.39, 0.29) is 21.8 Å². The minimum Gasteiger partial charge on any atom is -0.507 e. The van der Waals surface area contributed by atoms with Crippen molar-refractivity contribution in [3.63, 3.8) is 0 Å². The molecule has 0 aliphatic rings. The molecule has 1 atom stereocenters. The van der Waals surface area contributed by atoms with E-state index in [1.165, 1.54) is 12.1 Å². The van der Waals surface area contributed by atoms with Crippen LogP contribution in [-0.2, 0) is 24.8 Å². The number of azo groups is 1. The zero-order valence-electron chi connectivity index (χ0n) is 15.7. The molecule has 0 saturated heterocycles. The normalized spacial score (nSPS) is 12.9. The monoisotopic (exact) mass is 537 g/mol. The summed E-state index contributed by atoms with van der Waals surface area (Å²) in [6.07, 6.45) is 0. The molecule has 1 unspecified atom stereocenters. The van der Waals surface area contributed by atoms with Gasteiger partial charge in [0.05, 0.1) is 10.3 Å². The summed E-state index contributed by atoms with van der Waals surface area (Å²) in [7, 11) is -13.1. The van der Waals surface area contributed by atoms with E-state index in [4.69, 9.17) is 16.5 Å². The van der Waals surface area contributed by atoms with Gasteiger partial charge < -0.3 is 10.2 Å². The fourth-order valence-electron chi connectivity index (χ4n) is 2.71. The summed E-state index contributed by atoms with van der Waals surface area (Å²) >= 11 is 5.79. The summed E-state index contributed by atoms with van der Waals surface area (Å²) in [5.41, 5.74) is -1.10. The second kappa shape index (κ2) is 8.79. The molecule has 0 heterocycles. The Morgan fingerprint density at radius 1 is 0.939 bits per heavy atom. The van der Waals surface area contributed by atoms with Gasteiger partial charge in [-0.25, -0.2) is 4.52 Å². The Morgan fingerprint density at radius 3 is 2.18 bits per heavy atom. The van der Waals surface area contributed by atoms with E-state index in [2.05, 4.69) is 14.8 Å². The van der Waals surface area contributed by atoms with E-state index >= 15 is 0 Å². The number of fused-ring (bicyclic) bond motifs is 1. The summed E-state index contributed by atoms with van der Waals surface area (Å²) in [4.78, 5) is 7.11. The highest BCUT2D eigenvalue weighted by Gasteiger charge is 2.26. The van der Waals surface area contributed by atoms with Gasteiger partial charge in [0.2, 0.25) is 5.75 Å². The molecule has 0 amide bonds. The lowest BCUT2D eigenvalue weighted by molar-refractivity contribution is 0.410. The van der Waals surface area contributed by atoms with Crippen molar-refractivity contribution in [2.75, 3.05) is 0 Å². The fraction of sp³-hybridized carbons (Fsp3) is 0. The zero-order chi connectivity index (χ0) is 24.7. The van der Waals surface area contributed by atoms with E-state index < -0.39 is 60.9 Å². The largest absolute Gasteiger partial charge is 0.747 e. The molecule has 3 aromatic carbocycles. The quantitative estimate of drug-likeness (QED) is 0.172. The molecule has 0 aliphatic heterocycles. The summed E-state index contributed by atoms with van der Waals surface area (Å²) in [5, 5.41) is 27.2. The van der Waals surface area contributed by atoms with Crippen LogP contribution in [0.3, 0.4) is 0 Å². The molecule has 17 heteroatoms. The number of rotatable bonds is 6. The van der Waals surface area contributed by atoms with E-state index in [9.17, 15) is 40.7 Å². The van der Waals surface area contributed by atoms with Crippen molar-refractivity contribution in [2.24, 2.45) is 10.2 Å². The van der Waals surface area contributed by atoms with E-state index in [0.717, 1.165) is 12.1 Å². The van der Waals surface area contributed by atoms with Crippen molar-refractivity contribution >= 4 is 62.2 Å². The van der Waals surface area contributed by atoms with E-state index in [1.54, 1.807) is 0 Å². The highest BCUT2D eigenvalue weighted by atomic mass is 35.5. The Morgan fingerprint density at radius 2 is 1.61 bits per heavy atom. The van der Waals surface area contributed by atoms with Gasteiger partial charge in [0.1, 0.15) is 22.0 Å². The van der Waals surface area contributed by atoms with Gasteiger partial charge in [-0.2, -0.15) is 16.8 Å². The van der Waals surface area contributed by atoms with Gasteiger partial charge in [0, 0.05) is 21.7 Å². The maximum Gasteiger partial charge on any atom is 0.747 e. The third kappa shape index (κ3) is 5.36. The van der Waals surface area contributed by atoms with Crippen LogP contribution in [0.5, 0.6) is 17.2 Å². The molecule has 5 N–H and O–H groups in total. The maximum absolute atomic E-state index is 11.9. The minimum atomic E-state index is -5.10. The molecule has 3 rings (SSSR count). The molecule has 33 heavy (non-hydrogen) atoms. The molecular weight excluding hydrogens is 527 g/mol. The van der Waals surface area contributed by atoms with Crippen LogP contribution >= 0.6 is 19.9 Å². The van der Waals surface area contributed by atoms with Crippen molar-refractivity contribution in [1.29, 1.82) is 0 Å². The second-order valence-electron chi connectivity index (χ2n) is 6.20. The summed E-state index contributed by atoms with van der Waals surface area (Å²) in [5.74, 6) is -2.22. The van der Waals surface area contributed by atoms with E-state index in [1.807, 2.05) is 0 Å². The van der Waals surface area contributed by atoms with Crippen LogP contribution in [0.4, 0.5) is 11.4 Å². The third-order valence-electron chi connectivity index (χ3n) is 4.03. The third-order valence-corrected chi connectivity index (χ3v) is 6.32.